The Morgan fingerprint density at radius 3 is 2.58 bits per heavy atom. The number of rotatable bonds is 6. The first kappa shape index (κ1) is 23.3. The van der Waals surface area contributed by atoms with Crippen LogP contribution in [0.4, 0.5) is 4.39 Å². The minimum absolute atomic E-state index is 0.258. The number of hydrogen-bond acceptors (Lipinski definition) is 5. The quantitative estimate of drug-likeness (QED) is 0.465. The average molecular weight is 484 g/mol. The van der Waals surface area contributed by atoms with Gasteiger partial charge < -0.3 is 5.32 Å². The summed E-state index contributed by atoms with van der Waals surface area (Å²) in [6, 6.07) is 15.7. The molecular formula is C24H23ClFN5OS. The van der Waals surface area contributed by atoms with Crippen LogP contribution in [0.25, 0.3) is 17.1 Å². The average Bonchev–Trinajstić information content (AvgIpc) is 3.23. The van der Waals surface area contributed by atoms with Crippen LogP contribution in [-0.4, -0.2) is 31.5 Å². The van der Waals surface area contributed by atoms with E-state index in [0.29, 0.717) is 34.4 Å². The van der Waals surface area contributed by atoms with Gasteiger partial charge >= 0.3 is 0 Å². The number of nitrogens with zero attached hydrogens (tertiary/aromatic N) is 4. The van der Waals surface area contributed by atoms with Gasteiger partial charge in [-0.3, -0.25) is 9.36 Å². The zero-order valence-corrected chi connectivity index (χ0v) is 19.7. The van der Waals surface area contributed by atoms with Crippen molar-refractivity contribution in [2.24, 2.45) is 0 Å². The van der Waals surface area contributed by atoms with Crippen molar-refractivity contribution in [2.75, 3.05) is 0 Å². The zero-order valence-electron chi connectivity index (χ0n) is 18.1. The molecule has 0 radical (unpaired) electrons. The lowest BCUT2D eigenvalue weighted by molar-refractivity contribution is -0.121. The lowest BCUT2D eigenvalue weighted by atomic mass is 9.83. The Kier molecular flexibility index (Phi) is 7.01. The van der Waals surface area contributed by atoms with Crippen LogP contribution >= 0.6 is 23.4 Å². The fraction of sp³-hybridized carbons (Fsp3) is 0.333. The van der Waals surface area contributed by atoms with Crippen LogP contribution < -0.4 is 5.32 Å². The summed E-state index contributed by atoms with van der Waals surface area (Å²) in [5.74, 6) is -0.331. The van der Waals surface area contributed by atoms with Crippen LogP contribution in [-0.2, 0) is 4.79 Å². The van der Waals surface area contributed by atoms with E-state index in [2.05, 4.69) is 21.6 Å². The van der Waals surface area contributed by atoms with Crippen LogP contribution in [0.1, 0.15) is 39.0 Å². The van der Waals surface area contributed by atoms with Gasteiger partial charge in [-0.15, -0.1) is 10.2 Å². The van der Waals surface area contributed by atoms with Crippen molar-refractivity contribution in [3.8, 4) is 23.1 Å². The molecule has 1 aliphatic rings. The van der Waals surface area contributed by atoms with Crippen LogP contribution in [0.15, 0.2) is 53.7 Å². The molecule has 1 aromatic heterocycles. The third-order valence-electron chi connectivity index (χ3n) is 5.78. The highest BCUT2D eigenvalue weighted by atomic mass is 35.5. The second-order valence-corrected chi connectivity index (χ2v) is 9.79. The number of amides is 1. The minimum Gasteiger partial charge on any atom is -0.337 e. The van der Waals surface area contributed by atoms with Crippen molar-refractivity contribution in [1.82, 2.24) is 20.1 Å². The van der Waals surface area contributed by atoms with Gasteiger partial charge in [-0.25, -0.2) is 4.39 Å². The standard InChI is InChI=1S/C24H23ClFN5OS/c1-16(22(32)28-24(15-27)13-7-2-8-14-24)33-23-30-29-21(17-9-3-4-10-18(17)25)31(23)20-12-6-5-11-19(20)26/h3-6,9-12,16H,2,7-8,13-14H2,1H3,(H,28,32). The number of hydrogen-bond donors (Lipinski definition) is 1. The molecule has 0 spiro atoms. The van der Waals surface area contributed by atoms with E-state index in [1.807, 2.05) is 6.07 Å². The Morgan fingerprint density at radius 1 is 1.18 bits per heavy atom. The maximum absolute atomic E-state index is 14.8. The first-order valence-corrected chi connectivity index (χ1v) is 12.0. The van der Waals surface area contributed by atoms with E-state index >= 15 is 0 Å². The molecule has 0 aliphatic heterocycles. The van der Waals surface area contributed by atoms with Crippen LogP contribution in [0.5, 0.6) is 0 Å². The van der Waals surface area contributed by atoms with Crippen LogP contribution in [0, 0.1) is 17.1 Å². The van der Waals surface area contributed by atoms with Crippen molar-refractivity contribution >= 4 is 29.3 Å². The maximum Gasteiger partial charge on any atom is 0.234 e. The molecule has 1 amide bonds. The first-order valence-electron chi connectivity index (χ1n) is 10.8. The highest BCUT2D eigenvalue weighted by Crippen LogP contribution is 2.34. The van der Waals surface area contributed by atoms with Gasteiger partial charge in [0.2, 0.25) is 5.91 Å². The highest BCUT2D eigenvalue weighted by molar-refractivity contribution is 8.00. The van der Waals surface area contributed by atoms with Gasteiger partial charge in [-0.2, -0.15) is 5.26 Å². The summed E-state index contributed by atoms with van der Waals surface area (Å²) in [6.07, 6.45) is 4.19. The van der Waals surface area contributed by atoms with Crippen molar-refractivity contribution in [1.29, 1.82) is 5.26 Å². The van der Waals surface area contributed by atoms with E-state index in [1.165, 1.54) is 6.07 Å². The summed E-state index contributed by atoms with van der Waals surface area (Å²) >= 11 is 7.55. The van der Waals surface area contributed by atoms with Gasteiger partial charge in [0.1, 0.15) is 11.4 Å². The Labute approximate surface area is 201 Å². The van der Waals surface area contributed by atoms with Crippen molar-refractivity contribution < 1.29 is 9.18 Å². The summed E-state index contributed by atoms with van der Waals surface area (Å²) in [5, 5.41) is 21.4. The zero-order chi connectivity index (χ0) is 23.4. The van der Waals surface area contributed by atoms with E-state index in [9.17, 15) is 14.4 Å². The third kappa shape index (κ3) is 4.90. The van der Waals surface area contributed by atoms with Crippen molar-refractivity contribution in [3.05, 3.63) is 59.4 Å². The third-order valence-corrected chi connectivity index (χ3v) is 7.15. The van der Waals surface area contributed by atoms with Crippen LogP contribution in [0.2, 0.25) is 5.02 Å². The Morgan fingerprint density at radius 2 is 1.88 bits per heavy atom. The highest BCUT2D eigenvalue weighted by Gasteiger charge is 2.35. The number of aromatic nitrogens is 3. The molecule has 0 saturated heterocycles. The lowest BCUT2D eigenvalue weighted by Gasteiger charge is -2.32. The fourth-order valence-corrected chi connectivity index (χ4v) is 5.06. The van der Waals surface area contributed by atoms with E-state index < -0.39 is 16.6 Å². The number of halogens is 2. The predicted octanol–water partition coefficient (Wildman–Crippen LogP) is 5.55. The number of benzene rings is 2. The second-order valence-electron chi connectivity index (χ2n) is 8.08. The van der Waals surface area contributed by atoms with Crippen LogP contribution in [0.3, 0.4) is 0 Å². The molecule has 3 aromatic rings. The summed E-state index contributed by atoms with van der Waals surface area (Å²) in [5.41, 5.74) is 0.0318. The number of para-hydroxylation sites is 1. The largest absolute Gasteiger partial charge is 0.337 e. The Bertz CT molecular complexity index is 1200. The normalized spacial score (nSPS) is 16.1. The maximum atomic E-state index is 14.8. The molecule has 4 rings (SSSR count). The SMILES string of the molecule is CC(Sc1nnc(-c2ccccc2Cl)n1-c1ccccc1F)C(=O)NC1(C#N)CCCCC1. The molecule has 0 bridgehead atoms. The molecule has 1 atom stereocenters. The molecule has 1 N–H and O–H groups in total. The van der Waals surface area contributed by atoms with E-state index in [0.717, 1.165) is 31.0 Å². The van der Waals surface area contributed by atoms with Gasteiger partial charge in [-0.1, -0.05) is 66.9 Å². The second kappa shape index (κ2) is 9.94. The molecule has 1 aliphatic carbocycles. The minimum atomic E-state index is -0.827. The molecule has 9 heteroatoms. The summed E-state index contributed by atoms with van der Waals surface area (Å²) in [4.78, 5) is 13.0. The number of carbonyl (C=O) groups is 1. The number of carbonyl (C=O) groups excluding carboxylic acids is 1. The van der Waals surface area contributed by atoms with Gasteiger partial charge in [0, 0.05) is 5.56 Å². The Hall–Kier alpha value is -2.89. The smallest absolute Gasteiger partial charge is 0.234 e. The molecule has 1 fully saturated rings. The predicted molar refractivity (Wildman–Crippen MR) is 127 cm³/mol. The monoisotopic (exact) mass is 483 g/mol. The van der Waals surface area contributed by atoms with Crippen molar-refractivity contribution in [2.45, 2.75) is 55.0 Å². The number of nitriles is 1. The summed E-state index contributed by atoms with van der Waals surface area (Å²) < 4.78 is 16.4. The van der Waals surface area contributed by atoms with Gasteiger partial charge in [0.15, 0.2) is 11.0 Å². The van der Waals surface area contributed by atoms with Gasteiger partial charge in [0.25, 0.3) is 0 Å². The molecule has 1 heterocycles. The molecule has 170 valence electrons. The van der Waals surface area contributed by atoms with E-state index in [-0.39, 0.29) is 11.6 Å². The molecule has 1 saturated carbocycles. The Balaban J connectivity index is 1.67. The molecule has 33 heavy (non-hydrogen) atoms. The van der Waals surface area contributed by atoms with Gasteiger partial charge in [0.05, 0.1) is 22.0 Å². The number of thioether (sulfide) groups is 1. The lowest BCUT2D eigenvalue weighted by Crippen LogP contribution is -2.50. The molecule has 6 nitrogen and oxygen atoms in total. The molecular weight excluding hydrogens is 461 g/mol. The topological polar surface area (TPSA) is 83.6 Å². The number of nitrogens with one attached hydrogen (secondary N) is 1. The molecule has 2 aromatic carbocycles. The van der Waals surface area contributed by atoms with Gasteiger partial charge in [-0.05, 0) is 44.0 Å². The van der Waals surface area contributed by atoms with E-state index in [4.69, 9.17) is 11.6 Å². The van der Waals surface area contributed by atoms with E-state index in [1.54, 1.807) is 47.9 Å². The summed E-state index contributed by atoms with van der Waals surface area (Å²) in [6.45, 7) is 1.74. The molecule has 1 unspecified atom stereocenters. The van der Waals surface area contributed by atoms with Crippen molar-refractivity contribution in [3.63, 3.8) is 0 Å². The fourth-order valence-electron chi connectivity index (χ4n) is 3.98. The first-order chi connectivity index (χ1) is 15.9. The summed E-state index contributed by atoms with van der Waals surface area (Å²) in [7, 11) is 0.